The van der Waals surface area contributed by atoms with Gasteiger partial charge in [0, 0.05) is 18.8 Å². The van der Waals surface area contributed by atoms with Crippen LogP contribution in [0.15, 0.2) is 43.0 Å². The molecule has 0 radical (unpaired) electrons. The number of ether oxygens (including phenoxy) is 2. The molecule has 2 aromatic rings. The Kier molecular flexibility index (Phi) is 4.48. The van der Waals surface area contributed by atoms with Crippen LogP contribution in [0, 0.1) is 0 Å². The minimum Gasteiger partial charge on any atom is -0.486 e. The summed E-state index contributed by atoms with van der Waals surface area (Å²) in [5.41, 5.74) is 0.948. The highest BCUT2D eigenvalue weighted by atomic mass is 16.6. The van der Waals surface area contributed by atoms with E-state index in [4.69, 9.17) is 9.47 Å². The second-order valence-electron chi connectivity index (χ2n) is 5.05. The molecule has 1 N–H and O–H groups in total. The molecule has 2 heterocycles. The van der Waals surface area contributed by atoms with Gasteiger partial charge >= 0.3 is 0 Å². The number of hydrogen-bond donors (Lipinski definition) is 1. The first-order valence-electron chi connectivity index (χ1n) is 7.20. The van der Waals surface area contributed by atoms with Crippen LogP contribution in [-0.2, 0) is 11.2 Å². The average Bonchev–Trinajstić information content (AvgIpc) is 2.59. The van der Waals surface area contributed by atoms with Gasteiger partial charge in [0.25, 0.3) is 0 Å². The SMILES string of the molecule is O=C(CCc1cncnc1)NCC1COc2ccccc2O1. The minimum atomic E-state index is -0.168. The number of rotatable bonds is 5. The Balaban J connectivity index is 1.42. The van der Waals surface area contributed by atoms with E-state index in [2.05, 4.69) is 15.3 Å². The summed E-state index contributed by atoms with van der Waals surface area (Å²) in [4.78, 5) is 19.7. The lowest BCUT2D eigenvalue weighted by atomic mass is 10.2. The summed E-state index contributed by atoms with van der Waals surface area (Å²) in [6, 6.07) is 7.52. The molecule has 0 spiro atoms. The van der Waals surface area contributed by atoms with Crippen molar-refractivity contribution in [2.24, 2.45) is 0 Å². The van der Waals surface area contributed by atoms with E-state index in [1.165, 1.54) is 6.33 Å². The minimum absolute atomic E-state index is 0.0219. The molecule has 6 heteroatoms. The van der Waals surface area contributed by atoms with Gasteiger partial charge in [-0.05, 0) is 24.1 Å². The van der Waals surface area contributed by atoms with Crippen LogP contribution in [0.3, 0.4) is 0 Å². The van der Waals surface area contributed by atoms with Gasteiger partial charge in [0.05, 0.1) is 6.54 Å². The topological polar surface area (TPSA) is 73.3 Å². The highest BCUT2D eigenvalue weighted by molar-refractivity contribution is 5.76. The summed E-state index contributed by atoms with van der Waals surface area (Å²) < 4.78 is 11.4. The Morgan fingerprint density at radius 2 is 2.00 bits per heavy atom. The quantitative estimate of drug-likeness (QED) is 0.902. The summed E-state index contributed by atoms with van der Waals surface area (Å²) in [5, 5.41) is 2.87. The number of para-hydroxylation sites is 2. The van der Waals surface area contributed by atoms with Crippen LogP contribution < -0.4 is 14.8 Å². The van der Waals surface area contributed by atoms with Crippen LogP contribution in [-0.4, -0.2) is 35.1 Å². The van der Waals surface area contributed by atoms with Gasteiger partial charge in [-0.25, -0.2) is 9.97 Å². The Morgan fingerprint density at radius 1 is 1.23 bits per heavy atom. The van der Waals surface area contributed by atoms with Gasteiger partial charge in [0.15, 0.2) is 11.5 Å². The number of hydrogen-bond acceptors (Lipinski definition) is 5. The zero-order chi connectivity index (χ0) is 15.2. The summed E-state index contributed by atoms with van der Waals surface area (Å²) in [6.07, 6.45) is 5.76. The molecule has 6 nitrogen and oxygen atoms in total. The predicted octanol–water partition coefficient (Wildman–Crippen LogP) is 1.37. The van der Waals surface area contributed by atoms with E-state index in [-0.39, 0.29) is 12.0 Å². The summed E-state index contributed by atoms with van der Waals surface area (Å²) in [5.74, 6) is 1.44. The third-order valence-corrected chi connectivity index (χ3v) is 3.35. The number of aryl methyl sites for hydroxylation is 1. The molecule has 0 saturated carbocycles. The number of nitrogens with one attached hydrogen (secondary N) is 1. The summed E-state index contributed by atoms with van der Waals surface area (Å²) >= 11 is 0. The van der Waals surface area contributed by atoms with Crippen molar-refractivity contribution in [2.75, 3.05) is 13.2 Å². The third kappa shape index (κ3) is 3.72. The van der Waals surface area contributed by atoms with Crippen LogP contribution in [0.25, 0.3) is 0 Å². The molecule has 1 atom stereocenters. The molecule has 1 aliphatic rings. The van der Waals surface area contributed by atoms with Crippen LogP contribution in [0.4, 0.5) is 0 Å². The van der Waals surface area contributed by atoms with Gasteiger partial charge in [-0.1, -0.05) is 12.1 Å². The molecule has 22 heavy (non-hydrogen) atoms. The van der Waals surface area contributed by atoms with E-state index in [0.717, 1.165) is 17.1 Å². The fraction of sp³-hybridized carbons (Fsp3) is 0.312. The monoisotopic (exact) mass is 299 g/mol. The first-order valence-corrected chi connectivity index (χ1v) is 7.20. The normalized spacial score (nSPS) is 16.1. The number of aromatic nitrogens is 2. The zero-order valence-corrected chi connectivity index (χ0v) is 12.1. The molecule has 1 amide bonds. The van der Waals surface area contributed by atoms with Crippen LogP contribution >= 0.6 is 0 Å². The maximum atomic E-state index is 11.9. The van der Waals surface area contributed by atoms with Crippen molar-refractivity contribution < 1.29 is 14.3 Å². The molecular formula is C16H17N3O3. The Labute approximate surface area is 128 Å². The van der Waals surface area contributed by atoms with Crippen molar-refractivity contribution in [3.8, 4) is 11.5 Å². The van der Waals surface area contributed by atoms with Crippen molar-refractivity contribution >= 4 is 5.91 Å². The zero-order valence-electron chi connectivity index (χ0n) is 12.1. The molecule has 1 unspecified atom stereocenters. The Morgan fingerprint density at radius 3 is 2.82 bits per heavy atom. The van der Waals surface area contributed by atoms with Crippen molar-refractivity contribution in [3.63, 3.8) is 0 Å². The number of carbonyl (C=O) groups is 1. The van der Waals surface area contributed by atoms with Crippen molar-refractivity contribution in [1.29, 1.82) is 0 Å². The van der Waals surface area contributed by atoms with Gasteiger partial charge in [-0.2, -0.15) is 0 Å². The number of nitrogens with zero attached hydrogens (tertiary/aromatic N) is 2. The number of amides is 1. The van der Waals surface area contributed by atoms with E-state index in [9.17, 15) is 4.79 Å². The Hall–Kier alpha value is -2.63. The first kappa shape index (κ1) is 14.3. The highest BCUT2D eigenvalue weighted by Gasteiger charge is 2.20. The second-order valence-corrected chi connectivity index (χ2v) is 5.05. The lowest BCUT2D eigenvalue weighted by Crippen LogP contribution is -2.40. The Bertz CT molecular complexity index is 634. The van der Waals surface area contributed by atoms with E-state index in [1.54, 1.807) is 12.4 Å². The summed E-state index contributed by atoms with van der Waals surface area (Å²) in [6.45, 7) is 0.863. The van der Waals surface area contributed by atoms with Gasteiger partial charge < -0.3 is 14.8 Å². The molecule has 3 rings (SSSR count). The highest BCUT2D eigenvalue weighted by Crippen LogP contribution is 2.30. The van der Waals surface area contributed by atoms with Gasteiger partial charge in [-0.15, -0.1) is 0 Å². The molecule has 114 valence electrons. The van der Waals surface area contributed by atoms with Crippen molar-refractivity contribution in [2.45, 2.75) is 18.9 Å². The lowest BCUT2D eigenvalue weighted by molar-refractivity contribution is -0.121. The fourth-order valence-electron chi connectivity index (χ4n) is 2.20. The van der Waals surface area contributed by atoms with Crippen LogP contribution in [0.2, 0.25) is 0 Å². The molecule has 1 aromatic heterocycles. The van der Waals surface area contributed by atoms with Crippen LogP contribution in [0.1, 0.15) is 12.0 Å². The number of benzene rings is 1. The fourth-order valence-corrected chi connectivity index (χ4v) is 2.20. The van der Waals surface area contributed by atoms with Crippen LogP contribution in [0.5, 0.6) is 11.5 Å². The molecular weight excluding hydrogens is 282 g/mol. The molecule has 1 aliphatic heterocycles. The first-order chi connectivity index (χ1) is 10.8. The summed E-state index contributed by atoms with van der Waals surface area (Å²) in [7, 11) is 0. The second kappa shape index (κ2) is 6.89. The molecule has 0 aliphatic carbocycles. The maximum Gasteiger partial charge on any atom is 0.220 e. The third-order valence-electron chi connectivity index (χ3n) is 3.35. The smallest absolute Gasteiger partial charge is 0.220 e. The maximum absolute atomic E-state index is 11.9. The molecule has 1 aromatic carbocycles. The lowest BCUT2D eigenvalue weighted by Gasteiger charge is -2.26. The largest absolute Gasteiger partial charge is 0.486 e. The van der Waals surface area contributed by atoms with E-state index >= 15 is 0 Å². The molecule has 0 saturated heterocycles. The van der Waals surface area contributed by atoms with Crippen molar-refractivity contribution in [3.05, 3.63) is 48.5 Å². The van der Waals surface area contributed by atoms with Crippen molar-refractivity contribution in [1.82, 2.24) is 15.3 Å². The molecule has 0 bridgehead atoms. The van der Waals surface area contributed by atoms with E-state index in [0.29, 0.717) is 26.0 Å². The predicted molar refractivity (Wildman–Crippen MR) is 79.7 cm³/mol. The average molecular weight is 299 g/mol. The van der Waals surface area contributed by atoms with E-state index in [1.807, 2.05) is 24.3 Å². The number of carbonyl (C=O) groups excluding carboxylic acids is 1. The standard InChI is InChI=1S/C16H17N3O3/c20-16(6-5-12-7-17-11-18-8-12)19-9-13-10-21-14-3-1-2-4-15(14)22-13/h1-4,7-8,11,13H,5-6,9-10H2,(H,19,20). The van der Waals surface area contributed by atoms with E-state index < -0.39 is 0 Å². The van der Waals surface area contributed by atoms with Gasteiger partial charge in [0.1, 0.15) is 19.0 Å². The molecule has 0 fully saturated rings. The van der Waals surface area contributed by atoms with Gasteiger partial charge in [0.2, 0.25) is 5.91 Å². The number of fused-ring (bicyclic) bond motifs is 1. The van der Waals surface area contributed by atoms with Gasteiger partial charge in [-0.3, -0.25) is 4.79 Å².